The van der Waals surface area contributed by atoms with E-state index in [1.807, 2.05) is 0 Å². The zero-order valence-corrected chi connectivity index (χ0v) is 15.8. The number of benzene rings is 1. The molecule has 2 unspecified atom stereocenters. The van der Waals surface area contributed by atoms with Crippen LogP contribution in [-0.2, 0) is 14.4 Å². The second-order valence-corrected chi connectivity index (χ2v) is 7.88. The molecular formula is C20H18N4O6. The van der Waals surface area contributed by atoms with E-state index in [2.05, 4.69) is 5.32 Å². The van der Waals surface area contributed by atoms with Gasteiger partial charge in [0.2, 0.25) is 5.91 Å². The second-order valence-electron chi connectivity index (χ2n) is 7.88. The van der Waals surface area contributed by atoms with Gasteiger partial charge in [-0.25, -0.2) is 4.79 Å². The number of carboxylic acid groups (broad SMARTS) is 1. The van der Waals surface area contributed by atoms with Crippen LogP contribution in [0.25, 0.3) is 0 Å². The summed E-state index contributed by atoms with van der Waals surface area (Å²) in [5.41, 5.74) is 1.18. The van der Waals surface area contributed by atoms with E-state index < -0.39 is 10.9 Å². The monoisotopic (exact) mass is 410 g/mol. The van der Waals surface area contributed by atoms with Crippen molar-refractivity contribution in [2.24, 2.45) is 5.92 Å². The highest BCUT2D eigenvalue weighted by atomic mass is 16.6. The third kappa shape index (κ3) is 2.57. The molecule has 30 heavy (non-hydrogen) atoms. The lowest BCUT2D eigenvalue weighted by atomic mass is 9.79. The molecule has 0 radical (unpaired) electrons. The third-order valence-electron chi connectivity index (χ3n) is 6.28. The van der Waals surface area contributed by atoms with Crippen LogP contribution in [0, 0.1) is 16.0 Å². The number of carbonyl (C=O) groups excluding carboxylic acids is 2. The van der Waals surface area contributed by atoms with Crippen molar-refractivity contribution < 1.29 is 24.4 Å². The van der Waals surface area contributed by atoms with Gasteiger partial charge in [-0.2, -0.15) is 0 Å². The van der Waals surface area contributed by atoms with E-state index >= 15 is 0 Å². The Morgan fingerprint density at radius 3 is 2.87 bits per heavy atom. The number of aliphatic carboxylic acids is 1. The number of nitro benzene ring substituents is 1. The first-order chi connectivity index (χ1) is 14.4. The molecule has 3 saturated heterocycles. The van der Waals surface area contributed by atoms with E-state index in [1.54, 1.807) is 12.1 Å². The fraction of sp³-hybridized carbons (Fsp3) is 0.350. The Morgan fingerprint density at radius 2 is 2.13 bits per heavy atom. The molecule has 5 rings (SSSR count). The maximum absolute atomic E-state index is 12.9. The minimum atomic E-state index is -1.18. The number of rotatable bonds is 4. The molecule has 4 aliphatic heterocycles. The summed E-state index contributed by atoms with van der Waals surface area (Å²) >= 11 is 0. The zero-order valence-electron chi connectivity index (χ0n) is 15.8. The second kappa shape index (κ2) is 6.49. The van der Waals surface area contributed by atoms with Crippen molar-refractivity contribution in [1.82, 2.24) is 10.2 Å². The van der Waals surface area contributed by atoms with E-state index in [1.165, 1.54) is 28.0 Å². The smallest absolute Gasteiger partial charge is 0.352 e. The Bertz CT molecular complexity index is 1080. The number of nitrogens with one attached hydrogen (secondary N) is 1. The fourth-order valence-electron chi connectivity index (χ4n) is 4.93. The Labute approximate surface area is 170 Å². The van der Waals surface area contributed by atoms with Crippen LogP contribution in [0.4, 0.5) is 11.4 Å². The van der Waals surface area contributed by atoms with Crippen molar-refractivity contribution in [3.63, 3.8) is 0 Å². The van der Waals surface area contributed by atoms with E-state index in [0.717, 1.165) is 0 Å². The lowest BCUT2D eigenvalue weighted by molar-refractivity contribution is -0.384. The van der Waals surface area contributed by atoms with Crippen LogP contribution >= 0.6 is 0 Å². The van der Waals surface area contributed by atoms with Crippen LogP contribution in [0.1, 0.15) is 12.8 Å². The largest absolute Gasteiger partial charge is 0.477 e. The molecule has 3 atom stereocenters. The van der Waals surface area contributed by atoms with Gasteiger partial charge in [-0.05, 0) is 36.5 Å². The predicted molar refractivity (Wildman–Crippen MR) is 103 cm³/mol. The quantitative estimate of drug-likeness (QED) is 0.325. The third-order valence-corrected chi connectivity index (χ3v) is 6.28. The van der Waals surface area contributed by atoms with Crippen LogP contribution in [-0.4, -0.2) is 57.9 Å². The fourth-order valence-corrected chi connectivity index (χ4v) is 4.93. The van der Waals surface area contributed by atoms with Crippen LogP contribution in [0.5, 0.6) is 0 Å². The molecule has 4 aliphatic rings. The van der Waals surface area contributed by atoms with Crippen molar-refractivity contribution in [3.05, 3.63) is 57.3 Å². The van der Waals surface area contributed by atoms with Crippen molar-refractivity contribution >= 4 is 29.2 Å². The van der Waals surface area contributed by atoms with Gasteiger partial charge in [-0.3, -0.25) is 24.6 Å². The van der Waals surface area contributed by atoms with Crippen LogP contribution < -0.4 is 10.2 Å². The first-order valence-electron chi connectivity index (χ1n) is 9.66. The minimum absolute atomic E-state index is 0.0460. The lowest BCUT2D eigenvalue weighted by Gasteiger charge is -2.48. The summed E-state index contributed by atoms with van der Waals surface area (Å²) in [6, 6.07) is 5.41. The van der Waals surface area contributed by atoms with Gasteiger partial charge in [0.25, 0.3) is 11.6 Å². The molecule has 0 aliphatic carbocycles. The average molecular weight is 410 g/mol. The number of anilines is 1. The summed E-state index contributed by atoms with van der Waals surface area (Å²) in [6.07, 6.45) is 2.46. The standard InChI is InChI=1S/C20H18N4O6/c25-18-10(4-5-22(18)13-2-1-3-14(8-13)24(29)30)6-11-7-12-9-21-15-16(12)23(19(15)26)17(11)20(27)28/h1-3,6,8,12,15-16,21H,4-5,7,9H2,(H,27,28)/b10-6+/t12?,15?,16-/m1/s1. The van der Waals surface area contributed by atoms with Gasteiger partial charge in [0, 0.05) is 30.8 Å². The predicted octanol–water partition coefficient (Wildman–Crippen LogP) is 0.799. The molecule has 0 saturated carbocycles. The number of nitrogens with zero attached hydrogens (tertiary/aromatic N) is 3. The van der Waals surface area contributed by atoms with Crippen molar-refractivity contribution in [2.45, 2.75) is 24.9 Å². The average Bonchev–Trinajstić information content (AvgIpc) is 3.29. The van der Waals surface area contributed by atoms with E-state index in [4.69, 9.17) is 0 Å². The summed E-state index contributed by atoms with van der Waals surface area (Å²) in [5, 5.41) is 23.9. The molecule has 1 aromatic carbocycles. The number of carboxylic acids is 1. The van der Waals surface area contributed by atoms with E-state index in [-0.39, 0.29) is 41.2 Å². The molecule has 2 amide bonds. The van der Waals surface area contributed by atoms with Crippen molar-refractivity contribution in [3.8, 4) is 0 Å². The number of hydrogen-bond acceptors (Lipinski definition) is 6. The SMILES string of the molecule is O=C(O)C1=C(/C=C2\CCN(c3cccc([N+](=O)[O-])c3)C2=O)CC2CNC3C(=O)N1[C@H]23. The molecule has 154 valence electrons. The highest BCUT2D eigenvalue weighted by Crippen LogP contribution is 2.44. The van der Waals surface area contributed by atoms with Crippen molar-refractivity contribution in [2.75, 3.05) is 18.0 Å². The molecule has 0 spiro atoms. The Kier molecular flexibility index (Phi) is 4.00. The molecular weight excluding hydrogens is 392 g/mol. The van der Waals surface area contributed by atoms with Crippen LogP contribution in [0.2, 0.25) is 0 Å². The first kappa shape index (κ1) is 18.5. The molecule has 4 heterocycles. The summed E-state index contributed by atoms with van der Waals surface area (Å²) in [6.45, 7) is 0.977. The molecule has 10 nitrogen and oxygen atoms in total. The van der Waals surface area contributed by atoms with Gasteiger partial charge in [0.15, 0.2) is 0 Å². The summed E-state index contributed by atoms with van der Waals surface area (Å²) in [7, 11) is 0. The number of non-ortho nitro benzene ring substituents is 1. The van der Waals surface area contributed by atoms with Gasteiger partial charge in [0.05, 0.1) is 16.7 Å². The Balaban J connectivity index is 1.47. The number of allylic oxidation sites excluding steroid dienone is 2. The minimum Gasteiger partial charge on any atom is -0.477 e. The van der Waals surface area contributed by atoms with E-state index in [9.17, 15) is 29.6 Å². The number of hydrogen-bond donors (Lipinski definition) is 2. The molecule has 3 fully saturated rings. The van der Waals surface area contributed by atoms with Gasteiger partial charge in [0.1, 0.15) is 11.7 Å². The molecule has 0 aromatic heterocycles. The normalized spacial score (nSPS) is 28.8. The summed E-state index contributed by atoms with van der Waals surface area (Å²) in [5.74, 6) is -1.62. The van der Waals surface area contributed by atoms with Crippen molar-refractivity contribution in [1.29, 1.82) is 0 Å². The van der Waals surface area contributed by atoms with Crippen LogP contribution in [0.3, 0.4) is 0 Å². The highest BCUT2D eigenvalue weighted by molar-refractivity contribution is 6.09. The van der Waals surface area contributed by atoms with Gasteiger partial charge < -0.3 is 15.3 Å². The number of nitro groups is 1. The molecule has 10 heteroatoms. The molecule has 1 aromatic rings. The maximum Gasteiger partial charge on any atom is 0.352 e. The highest BCUT2D eigenvalue weighted by Gasteiger charge is 2.59. The number of β-lactam (4-membered cyclic amide) rings is 1. The molecule has 0 bridgehead atoms. The van der Waals surface area contributed by atoms with Crippen LogP contribution in [0.15, 0.2) is 47.2 Å². The molecule has 2 N–H and O–H groups in total. The first-order valence-corrected chi connectivity index (χ1v) is 9.66. The van der Waals surface area contributed by atoms with Gasteiger partial charge >= 0.3 is 5.97 Å². The van der Waals surface area contributed by atoms with Gasteiger partial charge in [-0.1, -0.05) is 6.07 Å². The van der Waals surface area contributed by atoms with Gasteiger partial charge in [-0.15, -0.1) is 0 Å². The zero-order chi connectivity index (χ0) is 21.2. The lowest BCUT2D eigenvalue weighted by Crippen LogP contribution is -2.68. The number of carbonyl (C=O) groups is 3. The summed E-state index contributed by atoms with van der Waals surface area (Å²) < 4.78 is 0. The van der Waals surface area contributed by atoms with E-state index in [0.29, 0.717) is 42.8 Å². The summed E-state index contributed by atoms with van der Waals surface area (Å²) in [4.78, 5) is 50.5. The maximum atomic E-state index is 12.9. The Morgan fingerprint density at radius 1 is 1.33 bits per heavy atom. The topological polar surface area (TPSA) is 133 Å². The number of amides is 2. The Hall–Kier alpha value is -3.53.